The van der Waals surface area contributed by atoms with Crippen molar-refractivity contribution in [1.82, 2.24) is 14.8 Å². The molecule has 0 bridgehead atoms. The maximum Gasteiger partial charge on any atom is 0.234 e. The summed E-state index contributed by atoms with van der Waals surface area (Å²) in [4.78, 5) is 12.5. The molecule has 9 heteroatoms. The van der Waals surface area contributed by atoms with Crippen LogP contribution in [0.3, 0.4) is 0 Å². The maximum absolute atomic E-state index is 12.5. The van der Waals surface area contributed by atoms with Crippen molar-refractivity contribution in [3.63, 3.8) is 0 Å². The van der Waals surface area contributed by atoms with E-state index in [0.29, 0.717) is 28.2 Å². The summed E-state index contributed by atoms with van der Waals surface area (Å²) < 4.78 is 18.4. The molecule has 0 fully saturated rings. The van der Waals surface area contributed by atoms with Gasteiger partial charge in [-0.25, -0.2) is 0 Å². The van der Waals surface area contributed by atoms with Crippen LogP contribution >= 0.6 is 11.8 Å². The van der Waals surface area contributed by atoms with E-state index in [0.717, 1.165) is 16.5 Å². The number of ether oxygens (including phenoxy) is 3. The van der Waals surface area contributed by atoms with Gasteiger partial charge in [0.05, 0.1) is 25.7 Å². The standard InChI is InChI=1S/C24H24N4O4S/c1-28-22(14-32-20-10-6-8-16-7-4-5-9-18(16)20)26-27-24(28)33-15-23(29)25-19-13-17(30-2)11-12-21(19)31-3/h4-13H,14-15H2,1-3H3,(H,25,29). The Morgan fingerprint density at radius 1 is 1.00 bits per heavy atom. The first-order valence-electron chi connectivity index (χ1n) is 10.2. The molecule has 0 spiro atoms. The van der Waals surface area contributed by atoms with Crippen LogP contribution in [0.1, 0.15) is 5.82 Å². The lowest BCUT2D eigenvalue weighted by atomic mass is 10.1. The number of aromatic nitrogens is 3. The molecule has 8 nitrogen and oxygen atoms in total. The average Bonchev–Trinajstić information content (AvgIpc) is 3.20. The van der Waals surface area contributed by atoms with Crippen LogP contribution < -0.4 is 19.5 Å². The average molecular weight is 465 g/mol. The van der Waals surface area contributed by atoms with Crippen LogP contribution in [0.4, 0.5) is 5.69 Å². The monoisotopic (exact) mass is 464 g/mol. The summed E-state index contributed by atoms with van der Waals surface area (Å²) in [6.07, 6.45) is 0. The second-order valence-corrected chi connectivity index (χ2v) is 8.07. The number of nitrogens with one attached hydrogen (secondary N) is 1. The van der Waals surface area contributed by atoms with Crippen molar-refractivity contribution in [2.24, 2.45) is 7.05 Å². The second kappa shape index (κ2) is 10.3. The Morgan fingerprint density at radius 3 is 2.64 bits per heavy atom. The normalized spacial score (nSPS) is 10.8. The van der Waals surface area contributed by atoms with Crippen LogP contribution in [0.25, 0.3) is 10.8 Å². The Kier molecular flexibility index (Phi) is 6.99. The fourth-order valence-electron chi connectivity index (χ4n) is 3.29. The van der Waals surface area contributed by atoms with Gasteiger partial charge in [0.25, 0.3) is 0 Å². The van der Waals surface area contributed by atoms with Gasteiger partial charge in [0.15, 0.2) is 11.0 Å². The molecule has 1 aromatic heterocycles. The number of nitrogens with zero attached hydrogens (tertiary/aromatic N) is 3. The number of hydrogen-bond acceptors (Lipinski definition) is 7. The van der Waals surface area contributed by atoms with Crippen LogP contribution in [0.15, 0.2) is 65.8 Å². The summed E-state index contributed by atoms with van der Waals surface area (Å²) in [6.45, 7) is 0.269. The summed E-state index contributed by atoms with van der Waals surface area (Å²) in [5.74, 6) is 2.61. The summed E-state index contributed by atoms with van der Waals surface area (Å²) in [7, 11) is 4.97. The molecule has 3 aromatic carbocycles. The van der Waals surface area contributed by atoms with Crippen LogP contribution in [-0.4, -0.2) is 40.6 Å². The molecule has 0 aliphatic carbocycles. The quantitative estimate of drug-likeness (QED) is 0.370. The zero-order valence-corrected chi connectivity index (χ0v) is 19.4. The fraction of sp³-hybridized carbons (Fsp3) is 0.208. The molecule has 0 aliphatic heterocycles. The Balaban J connectivity index is 1.37. The predicted octanol–water partition coefficient (Wildman–Crippen LogP) is 4.30. The number of rotatable bonds is 9. The van der Waals surface area contributed by atoms with Crippen LogP contribution in [0, 0.1) is 0 Å². The van der Waals surface area contributed by atoms with E-state index in [1.165, 1.54) is 11.8 Å². The van der Waals surface area contributed by atoms with Gasteiger partial charge < -0.3 is 24.1 Å². The molecule has 4 rings (SSSR count). The minimum atomic E-state index is -0.192. The van der Waals surface area contributed by atoms with Crippen LogP contribution in [0.2, 0.25) is 0 Å². The third kappa shape index (κ3) is 5.20. The predicted molar refractivity (Wildman–Crippen MR) is 128 cm³/mol. The summed E-state index contributed by atoms with van der Waals surface area (Å²) in [6, 6.07) is 19.2. The van der Waals surface area contributed by atoms with Gasteiger partial charge in [-0.1, -0.05) is 48.2 Å². The molecule has 0 radical (unpaired) electrons. The van der Waals surface area contributed by atoms with Gasteiger partial charge in [0, 0.05) is 18.5 Å². The highest BCUT2D eigenvalue weighted by molar-refractivity contribution is 7.99. The Bertz CT molecular complexity index is 1270. The molecule has 33 heavy (non-hydrogen) atoms. The van der Waals surface area contributed by atoms with Crippen molar-refractivity contribution in [1.29, 1.82) is 0 Å². The number of fused-ring (bicyclic) bond motifs is 1. The highest BCUT2D eigenvalue weighted by atomic mass is 32.2. The van der Waals surface area contributed by atoms with Gasteiger partial charge in [-0.05, 0) is 23.6 Å². The minimum Gasteiger partial charge on any atom is -0.497 e. The van der Waals surface area contributed by atoms with Gasteiger partial charge in [-0.15, -0.1) is 10.2 Å². The Labute approximate surface area is 195 Å². The molecule has 1 amide bonds. The molecule has 0 saturated carbocycles. The largest absolute Gasteiger partial charge is 0.497 e. The SMILES string of the molecule is COc1ccc(OC)c(NC(=O)CSc2nnc(COc3cccc4ccccc34)n2C)c1. The number of hydrogen-bond donors (Lipinski definition) is 1. The third-order valence-electron chi connectivity index (χ3n) is 5.04. The molecule has 0 aliphatic rings. The first kappa shape index (κ1) is 22.5. The lowest BCUT2D eigenvalue weighted by Crippen LogP contribution is -2.15. The highest BCUT2D eigenvalue weighted by Gasteiger charge is 2.14. The molecular formula is C24H24N4O4S. The summed E-state index contributed by atoms with van der Waals surface area (Å²) in [5, 5.41) is 14.1. The van der Waals surface area contributed by atoms with E-state index in [1.54, 1.807) is 32.4 Å². The van der Waals surface area contributed by atoms with Crippen LogP contribution in [-0.2, 0) is 18.4 Å². The first-order valence-corrected chi connectivity index (χ1v) is 11.2. The molecule has 0 atom stereocenters. The van der Waals surface area contributed by atoms with Crippen molar-refractivity contribution in [2.45, 2.75) is 11.8 Å². The van der Waals surface area contributed by atoms with E-state index in [9.17, 15) is 4.79 Å². The molecule has 4 aromatic rings. The summed E-state index contributed by atoms with van der Waals surface area (Å²) >= 11 is 1.29. The smallest absolute Gasteiger partial charge is 0.234 e. The van der Waals surface area contributed by atoms with Crippen molar-refractivity contribution in [3.05, 3.63) is 66.5 Å². The number of methoxy groups -OCH3 is 2. The topological polar surface area (TPSA) is 87.5 Å². The molecule has 1 N–H and O–H groups in total. The molecule has 0 saturated heterocycles. The van der Waals surface area contributed by atoms with E-state index >= 15 is 0 Å². The van der Waals surface area contributed by atoms with Gasteiger partial charge in [0.2, 0.25) is 5.91 Å². The Morgan fingerprint density at radius 2 is 1.82 bits per heavy atom. The van der Waals surface area contributed by atoms with Crippen molar-refractivity contribution >= 4 is 34.1 Å². The molecule has 1 heterocycles. The van der Waals surface area contributed by atoms with Gasteiger partial charge >= 0.3 is 0 Å². The fourth-order valence-corrected chi connectivity index (χ4v) is 4.02. The summed E-state index contributed by atoms with van der Waals surface area (Å²) in [5.41, 5.74) is 0.546. The number of benzene rings is 3. The minimum absolute atomic E-state index is 0.163. The van der Waals surface area contributed by atoms with Crippen molar-refractivity contribution in [2.75, 3.05) is 25.3 Å². The highest BCUT2D eigenvalue weighted by Crippen LogP contribution is 2.29. The second-order valence-electron chi connectivity index (χ2n) is 7.13. The van der Waals surface area contributed by atoms with E-state index in [1.807, 2.05) is 54.1 Å². The van der Waals surface area contributed by atoms with E-state index in [-0.39, 0.29) is 18.3 Å². The van der Waals surface area contributed by atoms with E-state index < -0.39 is 0 Å². The maximum atomic E-state index is 12.5. The zero-order valence-electron chi connectivity index (χ0n) is 18.6. The van der Waals surface area contributed by atoms with Gasteiger partial charge in [-0.2, -0.15) is 0 Å². The van der Waals surface area contributed by atoms with Gasteiger partial charge in [-0.3, -0.25) is 4.79 Å². The van der Waals surface area contributed by atoms with Crippen LogP contribution in [0.5, 0.6) is 17.2 Å². The van der Waals surface area contributed by atoms with Crippen molar-refractivity contribution < 1.29 is 19.0 Å². The van der Waals surface area contributed by atoms with Crippen molar-refractivity contribution in [3.8, 4) is 17.2 Å². The first-order chi connectivity index (χ1) is 16.1. The molecule has 170 valence electrons. The zero-order chi connectivity index (χ0) is 23.2. The van der Waals surface area contributed by atoms with E-state index in [4.69, 9.17) is 14.2 Å². The lowest BCUT2D eigenvalue weighted by molar-refractivity contribution is -0.113. The molecular weight excluding hydrogens is 440 g/mol. The number of carbonyl (C=O) groups is 1. The van der Waals surface area contributed by atoms with E-state index in [2.05, 4.69) is 15.5 Å². The number of thioether (sulfide) groups is 1. The Hall–Kier alpha value is -3.72. The molecule has 0 unspecified atom stereocenters. The third-order valence-corrected chi connectivity index (χ3v) is 6.06. The number of carbonyl (C=O) groups excluding carboxylic acids is 1. The van der Waals surface area contributed by atoms with Gasteiger partial charge in [0.1, 0.15) is 23.9 Å². The number of anilines is 1. The lowest BCUT2D eigenvalue weighted by Gasteiger charge is -2.11. The number of amides is 1.